The second-order valence-electron chi connectivity index (χ2n) is 9.28. The molecule has 1 aromatic carbocycles. The number of sulfone groups is 1. The van der Waals surface area contributed by atoms with Gasteiger partial charge in [0, 0.05) is 44.2 Å². The van der Waals surface area contributed by atoms with Crippen LogP contribution in [0.25, 0.3) is 0 Å². The number of hydrogen-bond acceptors (Lipinski definition) is 6. The SMILES string of the molecule is CC(C)[C@H]1CN(c2ccc(CO)c(S(C)(=O)=O)c2)CCN1CC1CCC(C(F)(F)F)OC1. The summed E-state index contributed by atoms with van der Waals surface area (Å²) >= 11 is 0. The molecule has 2 saturated heterocycles. The zero-order valence-corrected chi connectivity index (χ0v) is 19.6. The first kappa shape index (κ1) is 25.3. The molecule has 2 heterocycles. The van der Waals surface area contributed by atoms with Crippen LogP contribution >= 0.6 is 0 Å². The molecule has 182 valence electrons. The highest BCUT2D eigenvalue weighted by molar-refractivity contribution is 7.90. The largest absolute Gasteiger partial charge is 0.414 e. The Labute approximate surface area is 188 Å². The van der Waals surface area contributed by atoms with Crippen LogP contribution in [0.5, 0.6) is 0 Å². The third-order valence-electron chi connectivity index (χ3n) is 6.52. The molecular weight excluding hydrogens is 445 g/mol. The number of anilines is 1. The van der Waals surface area contributed by atoms with Crippen molar-refractivity contribution < 1.29 is 31.4 Å². The van der Waals surface area contributed by atoms with Crippen LogP contribution in [0.4, 0.5) is 18.9 Å². The van der Waals surface area contributed by atoms with Crippen LogP contribution in [0.2, 0.25) is 0 Å². The van der Waals surface area contributed by atoms with E-state index in [-0.39, 0.29) is 36.5 Å². The smallest absolute Gasteiger partial charge is 0.392 e. The van der Waals surface area contributed by atoms with Gasteiger partial charge in [-0.05, 0) is 42.4 Å². The van der Waals surface area contributed by atoms with Gasteiger partial charge in [-0.2, -0.15) is 13.2 Å². The van der Waals surface area contributed by atoms with Gasteiger partial charge in [-0.3, -0.25) is 4.90 Å². The average Bonchev–Trinajstić information content (AvgIpc) is 2.72. The van der Waals surface area contributed by atoms with Crippen molar-refractivity contribution >= 4 is 15.5 Å². The summed E-state index contributed by atoms with van der Waals surface area (Å²) in [6, 6.07) is 5.29. The maximum atomic E-state index is 12.9. The summed E-state index contributed by atoms with van der Waals surface area (Å²) in [7, 11) is -3.47. The molecule has 2 unspecified atom stereocenters. The van der Waals surface area contributed by atoms with E-state index >= 15 is 0 Å². The third-order valence-corrected chi connectivity index (χ3v) is 7.70. The lowest BCUT2D eigenvalue weighted by molar-refractivity contribution is -0.236. The number of piperazine rings is 1. The van der Waals surface area contributed by atoms with Crippen LogP contribution in [0.15, 0.2) is 23.1 Å². The van der Waals surface area contributed by atoms with E-state index in [1.165, 1.54) is 0 Å². The molecule has 0 radical (unpaired) electrons. The van der Waals surface area contributed by atoms with Crippen LogP contribution in [-0.4, -0.2) is 75.8 Å². The van der Waals surface area contributed by atoms with Gasteiger partial charge in [0.15, 0.2) is 15.9 Å². The molecule has 2 aliphatic heterocycles. The van der Waals surface area contributed by atoms with E-state index in [9.17, 15) is 26.7 Å². The van der Waals surface area contributed by atoms with Gasteiger partial charge in [0.1, 0.15) is 0 Å². The second-order valence-corrected chi connectivity index (χ2v) is 11.3. The van der Waals surface area contributed by atoms with Crippen molar-refractivity contribution in [2.45, 2.75) is 56.5 Å². The molecule has 0 amide bonds. The van der Waals surface area contributed by atoms with Gasteiger partial charge in [0.2, 0.25) is 0 Å². The first-order valence-electron chi connectivity index (χ1n) is 11.0. The maximum absolute atomic E-state index is 12.9. The Hall–Kier alpha value is -1.36. The molecule has 0 bridgehead atoms. The first-order chi connectivity index (χ1) is 14.9. The Balaban J connectivity index is 1.68. The highest BCUT2D eigenvalue weighted by Gasteiger charge is 2.43. The predicted molar refractivity (Wildman–Crippen MR) is 116 cm³/mol. The molecule has 1 aromatic rings. The minimum atomic E-state index is -4.30. The zero-order valence-electron chi connectivity index (χ0n) is 18.8. The first-order valence-corrected chi connectivity index (χ1v) is 12.9. The molecule has 0 saturated carbocycles. The number of rotatable bonds is 6. The van der Waals surface area contributed by atoms with Gasteiger partial charge in [-0.25, -0.2) is 8.42 Å². The van der Waals surface area contributed by atoms with Crippen molar-refractivity contribution in [3.8, 4) is 0 Å². The highest BCUT2D eigenvalue weighted by atomic mass is 32.2. The van der Waals surface area contributed by atoms with Crippen LogP contribution < -0.4 is 4.90 Å². The lowest BCUT2D eigenvalue weighted by atomic mass is 9.93. The van der Waals surface area contributed by atoms with E-state index in [4.69, 9.17) is 4.74 Å². The minimum absolute atomic E-state index is 0.00590. The average molecular weight is 479 g/mol. The lowest BCUT2D eigenvalue weighted by Gasteiger charge is -2.46. The highest BCUT2D eigenvalue weighted by Crippen LogP contribution is 2.33. The topological polar surface area (TPSA) is 70.1 Å². The molecule has 2 aliphatic rings. The Kier molecular flexibility index (Phi) is 7.79. The summed E-state index contributed by atoms with van der Waals surface area (Å²) in [6.07, 6.45) is -4.31. The fourth-order valence-corrected chi connectivity index (χ4v) is 5.64. The fourth-order valence-electron chi connectivity index (χ4n) is 4.70. The van der Waals surface area contributed by atoms with E-state index in [0.717, 1.165) is 18.5 Å². The number of aliphatic hydroxyl groups is 1. The number of aliphatic hydroxyl groups excluding tert-OH is 1. The number of halogens is 3. The molecule has 32 heavy (non-hydrogen) atoms. The van der Waals surface area contributed by atoms with Crippen LogP contribution in [0.1, 0.15) is 32.3 Å². The lowest BCUT2D eigenvalue weighted by Crippen LogP contribution is -2.57. The van der Waals surface area contributed by atoms with Crippen LogP contribution in [0, 0.1) is 11.8 Å². The summed E-state index contributed by atoms with van der Waals surface area (Å²) in [4.78, 5) is 4.62. The summed E-state index contributed by atoms with van der Waals surface area (Å²) in [5.41, 5.74) is 1.17. The van der Waals surface area contributed by atoms with Gasteiger partial charge in [0.25, 0.3) is 0 Å². The van der Waals surface area contributed by atoms with Gasteiger partial charge >= 0.3 is 6.18 Å². The minimum Gasteiger partial charge on any atom is -0.392 e. The Morgan fingerprint density at radius 3 is 2.47 bits per heavy atom. The summed E-state index contributed by atoms with van der Waals surface area (Å²) < 4.78 is 68.0. The van der Waals surface area contributed by atoms with Crippen LogP contribution in [-0.2, 0) is 21.2 Å². The molecule has 0 aliphatic carbocycles. The van der Waals surface area contributed by atoms with Gasteiger partial charge < -0.3 is 14.7 Å². The zero-order chi connectivity index (χ0) is 23.7. The second kappa shape index (κ2) is 9.87. The molecule has 3 atom stereocenters. The molecular formula is C22H33F3N2O4S. The quantitative estimate of drug-likeness (QED) is 0.678. The van der Waals surface area contributed by atoms with Gasteiger partial charge in [0.05, 0.1) is 18.1 Å². The van der Waals surface area contributed by atoms with Crippen molar-refractivity contribution in [3.05, 3.63) is 23.8 Å². The van der Waals surface area contributed by atoms with Gasteiger partial charge in [-0.15, -0.1) is 0 Å². The standard InChI is InChI=1S/C22H33F3N2O4S/c1-15(2)19-12-26(18-6-5-17(13-28)20(10-18)32(3,29)30)8-9-27(19)11-16-4-7-21(31-14-16)22(23,24)25/h5-6,10,15-16,19,21,28H,4,7-9,11-14H2,1-3H3/t16?,19-,21?/m1/s1. The van der Waals surface area contributed by atoms with Crippen molar-refractivity contribution in [2.75, 3.05) is 43.9 Å². The number of hydrogen-bond donors (Lipinski definition) is 1. The predicted octanol–water partition coefficient (Wildman–Crippen LogP) is 3.09. The van der Waals surface area contributed by atoms with Gasteiger partial charge in [-0.1, -0.05) is 19.9 Å². The van der Waals surface area contributed by atoms with Crippen molar-refractivity contribution in [2.24, 2.45) is 11.8 Å². The van der Waals surface area contributed by atoms with E-state index in [0.29, 0.717) is 37.5 Å². The molecule has 10 heteroatoms. The number of nitrogens with zero attached hydrogens (tertiary/aromatic N) is 2. The molecule has 6 nitrogen and oxygen atoms in total. The summed E-state index contributed by atoms with van der Waals surface area (Å²) in [6.45, 7) is 6.82. The monoisotopic (exact) mass is 478 g/mol. The van der Waals surface area contributed by atoms with E-state index in [2.05, 4.69) is 23.6 Å². The third kappa shape index (κ3) is 5.95. The fraction of sp³-hybridized carbons (Fsp3) is 0.727. The van der Waals surface area contributed by atoms with Crippen molar-refractivity contribution in [1.82, 2.24) is 4.90 Å². The van der Waals surface area contributed by atoms with E-state index in [1.807, 2.05) is 6.07 Å². The maximum Gasteiger partial charge on any atom is 0.414 e. The van der Waals surface area contributed by atoms with Crippen LogP contribution in [0.3, 0.4) is 0 Å². The van der Waals surface area contributed by atoms with E-state index < -0.39 is 22.1 Å². The number of alkyl halides is 3. The molecule has 3 rings (SSSR count). The Morgan fingerprint density at radius 2 is 1.94 bits per heavy atom. The van der Waals surface area contributed by atoms with Crippen molar-refractivity contribution in [3.63, 3.8) is 0 Å². The molecule has 0 aromatic heterocycles. The van der Waals surface area contributed by atoms with E-state index in [1.54, 1.807) is 12.1 Å². The number of benzene rings is 1. The summed E-state index contributed by atoms with van der Waals surface area (Å²) in [5, 5.41) is 9.49. The summed E-state index contributed by atoms with van der Waals surface area (Å²) in [5.74, 6) is 0.387. The molecule has 1 N–H and O–H groups in total. The molecule has 0 spiro atoms. The molecule has 2 fully saturated rings. The number of ether oxygens (including phenoxy) is 1. The Morgan fingerprint density at radius 1 is 1.22 bits per heavy atom. The normalized spacial score (nSPS) is 26.0. The Bertz CT molecular complexity index is 884. The van der Waals surface area contributed by atoms with Crippen molar-refractivity contribution in [1.29, 1.82) is 0 Å².